The van der Waals surface area contributed by atoms with Crippen LogP contribution >= 0.6 is 0 Å². The molecular weight excluding hydrogens is 338 g/mol. The van der Waals surface area contributed by atoms with E-state index in [1.807, 2.05) is 19.9 Å². The summed E-state index contributed by atoms with van der Waals surface area (Å²) in [5.74, 6) is 1.29. The number of hydrogen-bond acceptors (Lipinski definition) is 5. The number of carbonyl (C=O) groups is 1. The van der Waals surface area contributed by atoms with Gasteiger partial charge in [-0.05, 0) is 64.1 Å². The quantitative estimate of drug-likeness (QED) is 0.720. The fourth-order valence-electron chi connectivity index (χ4n) is 5.09. The largest absolute Gasteiger partial charge is 0.466 e. The molecule has 0 spiro atoms. The van der Waals surface area contributed by atoms with Crippen LogP contribution in [0.25, 0.3) is 0 Å². The lowest BCUT2D eigenvalue weighted by atomic mass is 9.75. The highest BCUT2D eigenvalue weighted by Crippen LogP contribution is 2.44. The van der Waals surface area contributed by atoms with E-state index >= 15 is 0 Å². The van der Waals surface area contributed by atoms with Gasteiger partial charge in [0, 0.05) is 44.3 Å². The number of likely N-dealkylation sites (tertiary alicyclic amines) is 2. The number of pyridine rings is 1. The molecule has 0 bridgehead atoms. The van der Waals surface area contributed by atoms with Crippen LogP contribution in [0.4, 0.5) is 0 Å². The smallest absolute Gasteiger partial charge is 0.313 e. The summed E-state index contributed by atoms with van der Waals surface area (Å²) < 4.78 is 5.59. The molecule has 2 atom stereocenters. The van der Waals surface area contributed by atoms with Crippen molar-refractivity contribution in [2.75, 3.05) is 39.3 Å². The zero-order valence-corrected chi connectivity index (χ0v) is 16.8. The number of aromatic nitrogens is 1. The first kappa shape index (κ1) is 18.9. The van der Waals surface area contributed by atoms with Crippen LogP contribution in [0, 0.1) is 24.2 Å². The van der Waals surface area contributed by atoms with E-state index in [1.165, 1.54) is 19.4 Å². The highest BCUT2D eigenvalue weighted by atomic mass is 16.5. The number of esters is 1. The molecule has 5 nitrogen and oxygen atoms in total. The molecule has 0 unspecified atom stereocenters. The van der Waals surface area contributed by atoms with Crippen molar-refractivity contribution in [3.05, 3.63) is 29.6 Å². The molecule has 1 aromatic rings. The Bertz CT molecular complexity index is 675. The van der Waals surface area contributed by atoms with Gasteiger partial charge in [0.2, 0.25) is 0 Å². The van der Waals surface area contributed by atoms with Gasteiger partial charge < -0.3 is 9.64 Å². The van der Waals surface area contributed by atoms with Gasteiger partial charge in [-0.3, -0.25) is 14.7 Å². The molecule has 1 aliphatic carbocycles. The highest BCUT2D eigenvalue weighted by molar-refractivity contribution is 5.78. The Balaban J connectivity index is 1.52. The zero-order valence-electron chi connectivity index (χ0n) is 16.8. The van der Waals surface area contributed by atoms with Crippen LogP contribution in [0.1, 0.15) is 44.0 Å². The first-order valence-electron chi connectivity index (χ1n) is 10.6. The molecule has 1 saturated carbocycles. The minimum atomic E-state index is -0.335. The molecule has 0 amide bonds. The third-order valence-corrected chi connectivity index (χ3v) is 6.57. The number of ether oxygens (including phenoxy) is 1. The summed E-state index contributed by atoms with van der Waals surface area (Å²) in [7, 11) is 0. The lowest BCUT2D eigenvalue weighted by Gasteiger charge is -2.31. The van der Waals surface area contributed by atoms with Crippen LogP contribution in [-0.4, -0.2) is 60.1 Å². The summed E-state index contributed by atoms with van der Waals surface area (Å²) in [5, 5.41) is 0. The summed E-state index contributed by atoms with van der Waals surface area (Å²) in [5.41, 5.74) is 1.81. The summed E-state index contributed by atoms with van der Waals surface area (Å²) in [6.07, 6.45) is 4.82. The van der Waals surface area contributed by atoms with Crippen LogP contribution in [-0.2, 0) is 16.1 Å². The Labute approximate surface area is 163 Å². The molecule has 2 saturated heterocycles. The van der Waals surface area contributed by atoms with E-state index in [2.05, 4.69) is 26.9 Å². The molecule has 0 aromatic carbocycles. The number of rotatable bonds is 6. The van der Waals surface area contributed by atoms with Gasteiger partial charge in [-0.2, -0.15) is 0 Å². The molecule has 2 aliphatic heterocycles. The molecule has 3 fully saturated rings. The third-order valence-electron chi connectivity index (χ3n) is 6.57. The van der Waals surface area contributed by atoms with Crippen molar-refractivity contribution in [1.29, 1.82) is 0 Å². The molecular formula is C22H33N3O2. The lowest BCUT2D eigenvalue weighted by Crippen LogP contribution is -2.42. The minimum absolute atomic E-state index is 0.0305. The maximum Gasteiger partial charge on any atom is 0.313 e. The highest BCUT2D eigenvalue weighted by Gasteiger charge is 2.54. The minimum Gasteiger partial charge on any atom is -0.466 e. The van der Waals surface area contributed by atoms with Crippen LogP contribution in [0.5, 0.6) is 0 Å². The van der Waals surface area contributed by atoms with E-state index in [1.54, 1.807) is 0 Å². The average Bonchev–Trinajstić information content (AvgIpc) is 3.40. The van der Waals surface area contributed by atoms with Crippen molar-refractivity contribution in [2.24, 2.45) is 17.3 Å². The molecule has 0 N–H and O–H groups in total. The van der Waals surface area contributed by atoms with E-state index in [-0.39, 0.29) is 11.4 Å². The second kappa shape index (κ2) is 7.88. The molecule has 148 valence electrons. The fourth-order valence-corrected chi connectivity index (χ4v) is 5.09. The number of carbonyl (C=O) groups excluding carboxylic acids is 1. The number of aryl methyl sites for hydroxylation is 1. The summed E-state index contributed by atoms with van der Waals surface area (Å²) >= 11 is 0. The van der Waals surface area contributed by atoms with Gasteiger partial charge >= 0.3 is 5.97 Å². The zero-order chi connectivity index (χ0) is 18.9. The van der Waals surface area contributed by atoms with E-state index in [0.29, 0.717) is 12.5 Å². The standard InChI is InChI=1S/C22H33N3O2/c1-3-27-21(26)22-10-5-11-24(12-18-8-9-18)13-19(22)14-25(16-22)15-20-7-4-6-17(2)23-20/h4,6-7,18-19H,3,5,8-16H2,1-2H3/t19-,22-/m0/s1. The molecule has 1 aromatic heterocycles. The second-order valence-corrected chi connectivity index (χ2v) is 8.82. The number of nitrogens with zero attached hydrogens (tertiary/aromatic N) is 3. The Morgan fingerprint density at radius 2 is 2.11 bits per heavy atom. The molecule has 3 heterocycles. The van der Waals surface area contributed by atoms with E-state index < -0.39 is 0 Å². The summed E-state index contributed by atoms with van der Waals surface area (Å²) in [4.78, 5) is 22.8. The van der Waals surface area contributed by atoms with E-state index in [9.17, 15) is 4.79 Å². The first-order valence-corrected chi connectivity index (χ1v) is 10.6. The van der Waals surface area contributed by atoms with Gasteiger partial charge in [0.25, 0.3) is 0 Å². The Morgan fingerprint density at radius 1 is 1.30 bits per heavy atom. The maximum absolute atomic E-state index is 13.1. The predicted molar refractivity (Wildman–Crippen MR) is 105 cm³/mol. The van der Waals surface area contributed by atoms with Gasteiger partial charge in [-0.15, -0.1) is 0 Å². The maximum atomic E-state index is 13.1. The average molecular weight is 372 g/mol. The molecule has 3 aliphatic rings. The topological polar surface area (TPSA) is 45.7 Å². The normalized spacial score (nSPS) is 29.3. The molecule has 27 heavy (non-hydrogen) atoms. The van der Waals surface area contributed by atoms with Crippen molar-refractivity contribution in [3.8, 4) is 0 Å². The van der Waals surface area contributed by atoms with Crippen molar-refractivity contribution in [3.63, 3.8) is 0 Å². The van der Waals surface area contributed by atoms with Gasteiger partial charge in [0.15, 0.2) is 0 Å². The van der Waals surface area contributed by atoms with Gasteiger partial charge in [-0.1, -0.05) is 6.07 Å². The van der Waals surface area contributed by atoms with Crippen molar-refractivity contribution in [2.45, 2.75) is 46.1 Å². The number of hydrogen-bond donors (Lipinski definition) is 0. The van der Waals surface area contributed by atoms with Crippen molar-refractivity contribution in [1.82, 2.24) is 14.8 Å². The SMILES string of the molecule is CCOC(=O)[C@]12CCCN(CC3CC3)C[C@H]1CN(Cc1cccc(C)n1)C2. The monoisotopic (exact) mass is 371 g/mol. The molecule has 4 rings (SSSR count). The van der Waals surface area contributed by atoms with Gasteiger partial charge in [0.05, 0.1) is 17.7 Å². The van der Waals surface area contributed by atoms with Gasteiger partial charge in [0.1, 0.15) is 0 Å². The van der Waals surface area contributed by atoms with Crippen LogP contribution in [0.15, 0.2) is 18.2 Å². The van der Waals surface area contributed by atoms with Crippen molar-refractivity contribution < 1.29 is 9.53 Å². The van der Waals surface area contributed by atoms with Crippen LogP contribution in [0.3, 0.4) is 0 Å². The molecule has 5 heteroatoms. The van der Waals surface area contributed by atoms with Crippen LogP contribution in [0.2, 0.25) is 0 Å². The lowest BCUT2D eigenvalue weighted by molar-refractivity contribution is -0.157. The van der Waals surface area contributed by atoms with Gasteiger partial charge in [-0.25, -0.2) is 0 Å². The molecule has 0 radical (unpaired) electrons. The second-order valence-electron chi connectivity index (χ2n) is 8.82. The Kier molecular flexibility index (Phi) is 5.51. The number of fused-ring (bicyclic) bond motifs is 1. The Morgan fingerprint density at radius 3 is 2.85 bits per heavy atom. The Hall–Kier alpha value is -1.46. The predicted octanol–water partition coefficient (Wildman–Crippen LogP) is 2.88. The van der Waals surface area contributed by atoms with Crippen LogP contribution < -0.4 is 0 Å². The fraction of sp³-hybridized carbons (Fsp3) is 0.727. The first-order chi connectivity index (χ1) is 13.1. The van der Waals surface area contributed by atoms with Crippen molar-refractivity contribution >= 4 is 5.97 Å². The van der Waals surface area contributed by atoms with E-state index in [0.717, 1.165) is 62.9 Å². The third kappa shape index (κ3) is 4.19. The summed E-state index contributed by atoms with van der Waals surface area (Å²) in [6, 6.07) is 6.20. The van der Waals surface area contributed by atoms with E-state index in [4.69, 9.17) is 4.74 Å². The summed E-state index contributed by atoms with van der Waals surface area (Å²) in [6.45, 7) is 10.4.